The highest BCUT2D eigenvalue weighted by molar-refractivity contribution is 7.11. The Labute approximate surface area is 124 Å². The van der Waals surface area contributed by atoms with Gasteiger partial charge in [0.25, 0.3) is 0 Å². The Hall–Kier alpha value is -1.10. The largest absolute Gasteiger partial charge is 0.328 e. The molecule has 1 aromatic rings. The minimum Gasteiger partial charge on any atom is -0.328 e. The van der Waals surface area contributed by atoms with E-state index in [0.717, 1.165) is 5.01 Å². The van der Waals surface area contributed by atoms with Crippen molar-refractivity contribution in [2.24, 2.45) is 11.8 Å². The fourth-order valence-electron chi connectivity index (χ4n) is 2.64. The van der Waals surface area contributed by atoms with Crippen molar-refractivity contribution in [2.75, 3.05) is 7.05 Å². The summed E-state index contributed by atoms with van der Waals surface area (Å²) in [6.07, 6.45) is 6.82. The van der Waals surface area contributed by atoms with E-state index in [1.165, 1.54) is 30.6 Å². The van der Waals surface area contributed by atoms with Gasteiger partial charge in [-0.3, -0.25) is 0 Å². The number of nitrogens with zero attached hydrogens (tertiary/aromatic N) is 2. The van der Waals surface area contributed by atoms with Gasteiger partial charge in [0, 0.05) is 24.2 Å². The lowest BCUT2D eigenvalue weighted by Crippen LogP contribution is -2.45. The van der Waals surface area contributed by atoms with E-state index in [2.05, 4.69) is 24.1 Å². The predicted octanol–water partition coefficient (Wildman–Crippen LogP) is 3.34. The Morgan fingerprint density at radius 2 is 2.05 bits per heavy atom. The van der Waals surface area contributed by atoms with E-state index in [4.69, 9.17) is 0 Å². The van der Waals surface area contributed by atoms with E-state index in [9.17, 15) is 4.79 Å². The van der Waals surface area contributed by atoms with Crippen LogP contribution in [-0.2, 0) is 0 Å². The van der Waals surface area contributed by atoms with Gasteiger partial charge in [-0.25, -0.2) is 9.78 Å². The van der Waals surface area contributed by atoms with Gasteiger partial charge in [0.1, 0.15) is 5.01 Å². The van der Waals surface area contributed by atoms with Crippen molar-refractivity contribution in [1.82, 2.24) is 15.2 Å². The van der Waals surface area contributed by atoms with Gasteiger partial charge in [-0.2, -0.15) is 0 Å². The van der Waals surface area contributed by atoms with Crippen LogP contribution >= 0.6 is 11.3 Å². The second kappa shape index (κ2) is 5.35. The van der Waals surface area contributed by atoms with Crippen LogP contribution in [-0.4, -0.2) is 29.0 Å². The van der Waals surface area contributed by atoms with Crippen LogP contribution in [0.3, 0.4) is 0 Å². The number of aromatic nitrogens is 1. The lowest BCUT2D eigenvalue weighted by atomic mass is 10.2. The summed E-state index contributed by atoms with van der Waals surface area (Å²) in [5.41, 5.74) is 0. The molecule has 1 aromatic heterocycles. The van der Waals surface area contributed by atoms with Crippen LogP contribution in [0.4, 0.5) is 4.79 Å². The van der Waals surface area contributed by atoms with Gasteiger partial charge in [0.05, 0.1) is 6.04 Å². The van der Waals surface area contributed by atoms with Crippen LogP contribution in [0.2, 0.25) is 0 Å². The summed E-state index contributed by atoms with van der Waals surface area (Å²) in [7, 11) is 1.91. The van der Waals surface area contributed by atoms with Crippen molar-refractivity contribution >= 4 is 17.4 Å². The highest BCUT2D eigenvalue weighted by Gasteiger charge is 2.37. The summed E-state index contributed by atoms with van der Waals surface area (Å²) in [4.78, 5) is 20.0. The van der Waals surface area contributed by atoms with Gasteiger partial charge >= 0.3 is 6.03 Å². The molecule has 3 rings (SSSR count). The molecule has 0 unspecified atom stereocenters. The van der Waals surface area contributed by atoms with Crippen LogP contribution in [0.25, 0.3) is 0 Å². The van der Waals surface area contributed by atoms with E-state index < -0.39 is 0 Å². The van der Waals surface area contributed by atoms with Gasteiger partial charge < -0.3 is 10.2 Å². The normalized spacial score (nSPS) is 21.4. The van der Waals surface area contributed by atoms with E-state index in [0.29, 0.717) is 17.9 Å². The number of hydrogen-bond donors (Lipinski definition) is 1. The SMILES string of the molecule is Cc1cnc([C@@H](NC(=O)N(C)[C@H](C)C2CC2)C2CC2)s1. The molecular weight excluding hydrogens is 270 g/mol. The standard InChI is InChI=1S/C15H23N3OS/c1-9-8-16-14(20-9)13(12-6-7-12)17-15(19)18(3)10(2)11-4-5-11/h8,10-13H,4-7H2,1-3H3,(H,17,19)/t10-,13+/m1/s1. The maximum atomic E-state index is 12.4. The molecule has 2 fully saturated rings. The molecule has 0 bridgehead atoms. The van der Waals surface area contributed by atoms with Crippen molar-refractivity contribution in [2.45, 2.75) is 51.6 Å². The average molecular weight is 293 g/mol. The molecule has 0 spiro atoms. The number of carbonyl (C=O) groups is 1. The number of aryl methyl sites for hydroxylation is 1. The van der Waals surface area contributed by atoms with Gasteiger partial charge in [0.15, 0.2) is 0 Å². The van der Waals surface area contributed by atoms with Gasteiger partial charge in [-0.05, 0) is 51.4 Å². The molecule has 1 N–H and O–H groups in total. The van der Waals surface area contributed by atoms with Gasteiger partial charge in [-0.15, -0.1) is 11.3 Å². The summed E-state index contributed by atoms with van der Waals surface area (Å²) < 4.78 is 0. The number of hydrogen-bond acceptors (Lipinski definition) is 3. The molecule has 0 saturated heterocycles. The first-order valence-corrected chi connectivity index (χ1v) is 8.33. The fraction of sp³-hybridized carbons (Fsp3) is 0.733. The molecule has 5 heteroatoms. The molecule has 2 aliphatic rings. The molecule has 2 aliphatic carbocycles. The van der Waals surface area contributed by atoms with Gasteiger partial charge in [-0.1, -0.05) is 0 Å². The highest BCUT2D eigenvalue weighted by Crippen LogP contribution is 2.42. The first kappa shape index (κ1) is 13.9. The maximum absolute atomic E-state index is 12.4. The van der Waals surface area contributed by atoms with Crippen molar-refractivity contribution in [1.29, 1.82) is 0 Å². The second-order valence-corrected chi connectivity index (χ2v) is 7.53. The second-order valence-electron chi connectivity index (χ2n) is 6.26. The molecule has 110 valence electrons. The number of thiazole rings is 1. The molecule has 2 saturated carbocycles. The molecule has 20 heavy (non-hydrogen) atoms. The average Bonchev–Trinajstić information content (AvgIpc) is 3.32. The highest BCUT2D eigenvalue weighted by atomic mass is 32.1. The molecule has 0 aromatic carbocycles. The lowest BCUT2D eigenvalue weighted by molar-refractivity contribution is 0.182. The molecule has 4 nitrogen and oxygen atoms in total. The number of carbonyl (C=O) groups excluding carboxylic acids is 1. The minimum atomic E-state index is 0.0501. The summed E-state index contributed by atoms with van der Waals surface area (Å²) in [6.45, 7) is 4.21. The summed E-state index contributed by atoms with van der Waals surface area (Å²) in [6, 6.07) is 0.497. The Morgan fingerprint density at radius 3 is 2.55 bits per heavy atom. The summed E-state index contributed by atoms with van der Waals surface area (Å²) in [5, 5.41) is 4.27. The van der Waals surface area contributed by atoms with E-state index >= 15 is 0 Å². The molecule has 1 heterocycles. The summed E-state index contributed by atoms with van der Waals surface area (Å²) in [5.74, 6) is 1.28. The smallest absolute Gasteiger partial charge is 0.317 e. The Balaban J connectivity index is 1.65. The number of urea groups is 1. The van der Waals surface area contributed by atoms with Crippen LogP contribution < -0.4 is 5.32 Å². The Bertz CT molecular complexity index is 493. The third-order valence-electron chi connectivity index (χ3n) is 4.51. The third-order valence-corrected chi connectivity index (χ3v) is 5.51. The van der Waals surface area contributed by atoms with Crippen molar-refractivity contribution in [3.63, 3.8) is 0 Å². The quantitative estimate of drug-likeness (QED) is 0.905. The van der Waals surface area contributed by atoms with Crippen LogP contribution in [0, 0.1) is 18.8 Å². The van der Waals surface area contributed by atoms with Crippen LogP contribution in [0.1, 0.15) is 48.5 Å². The zero-order valence-electron chi connectivity index (χ0n) is 12.4. The van der Waals surface area contributed by atoms with Gasteiger partial charge in [0.2, 0.25) is 0 Å². The van der Waals surface area contributed by atoms with Crippen molar-refractivity contribution in [3.8, 4) is 0 Å². The lowest BCUT2D eigenvalue weighted by Gasteiger charge is -2.27. The van der Waals surface area contributed by atoms with E-state index in [1.807, 2.05) is 18.1 Å². The molecular formula is C15H23N3OS. The number of amides is 2. The molecule has 0 aliphatic heterocycles. The van der Waals surface area contributed by atoms with Crippen molar-refractivity contribution < 1.29 is 4.79 Å². The minimum absolute atomic E-state index is 0.0501. The Kier molecular flexibility index (Phi) is 3.71. The van der Waals surface area contributed by atoms with Crippen LogP contribution in [0.15, 0.2) is 6.20 Å². The first-order valence-electron chi connectivity index (χ1n) is 7.52. The zero-order valence-corrected chi connectivity index (χ0v) is 13.2. The molecule has 2 amide bonds. The fourth-order valence-corrected chi connectivity index (χ4v) is 3.56. The number of rotatable bonds is 5. The maximum Gasteiger partial charge on any atom is 0.317 e. The summed E-state index contributed by atoms with van der Waals surface area (Å²) >= 11 is 1.70. The van der Waals surface area contributed by atoms with Crippen LogP contribution in [0.5, 0.6) is 0 Å². The van der Waals surface area contributed by atoms with E-state index in [-0.39, 0.29) is 12.1 Å². The first-order chi connectivity index (χ1) is 9.56. The third kappa shape index (κ3) is 2.97. The monoisotopic (exact) mass is 293 g/mol. The Morgan fingerprint density at radius 1 is 1.40 bits per heavy atom. The molecule has 2 atom stereocenters. The number of nitrogens with one attached hydrogen (secondary N) is 1. The zero-order chi connectivity index (χ0) is 14.3. The molecule has 0 radical (unpaired) electrons. The van der Waals surface area contributed by atoms with E-state index in [1.54, 1.807) is 11.3 Å². The predicted molar refractivity (Wildman–Crippen MR) is 80.8 cm³/mol. The topological polar surface area (TPSA) is 45.2 Å². The van der Waals surface area contributed by atoms with Crippen molar-refractivity contribution in [3.05, 3.63) is 16.1 Å².